The molecule has 0 aliphatic heterocycles. The molecule has 0 aliphatic rings. The van der Waals surface area contributed by atoms with Crippen molar-refractivity contribution in [1.82, 2.24) is 9.88 Å². The van der Waals surface area contributed by atoms with Gasteiger partial charge in [-0.05, 0) is 91.7 Å². The zero-order chi connectivity index (χ0) is 34.3. The molecule has 1 heterocycles. The number of rotatable bonds is 11. The van der Waals surface area contributed by atoms with E-state index in [1.165, 1.54) is 17.3 Å². The van der Waals surface area contributed by atoms with Crippen molar-refractivity contribution in [3.63, 3.8) is 0 Å². The van der Waals surface area contributed by atoms with Gasteiger partial charge in [0, 0.05) is 55.2 Å². The van der Waals surface area contributed by atoms with E-state index in [1.54, 1.807) is 60.7 Å². The monoisotopic (exact) mass is 686 g/mol. The van der Waals surface area contributed by atoms with E-state index in [1.807, 2.05) is 55.5 Å². The number of fused-ring (bicyclic) bond motifs is 3. The molecule has 9 heteroatoms. The number of thioether (sulfide) groups is 1. The second-order valence-corrected chi connectivity index (χ2v) is 13.1. The summed E-state index contributed by atoms with van der Waals surface area (Å²) in [6.45, 7) is 4.96. The maximum atomic E-state index is 13.6. The van der Waals surface area contributed by atoms with Crippen LogP contribution in [0.2, 0.25) is 5.02 Å². The van der Waals surface area contributed by atoms with Crippen molar-refractivity contribution in [2.75, 3.05) is 10.6 Å². The Labute approximate surface area is 294 Å². The third kappa shape index (κ3) is 7.88. The Bertz CT molecular complexity index is 2180. The zero-order valence-electron chi connectivity index (χ0n) is 27.1. The van der Waals surface area contributed by atoms with Gasteiger partial charge in [-0.25, -0.2) is 0 Å². The fourth-order valence-electron chi connectivity index (χ4n) is 5.70. The van der Waals surface area contributed by atoms with E-state index >= 15 is 0 Å². The van der Waals surface area contributed by atoms with Crippen LogP contribution in [-0.2, 0) is 16.1 Å². The molecular formula is C40H35ClN4O3S. The summed E-state index contributed by atoms with van der Waals surface area (Å²) in [5, 5.41) is 11.2. The number of hydrogen-bond acceptors (Lipinski definition) is 4. The van der Waals surface area contributed by atoms with Gasteiger partial charge in [0.05, 0.1) is 5.25 Å². The number of aromatic nitrogens is 1. The highest BCUT2D eigenvalue weighted by Gasteiger charge is 2.20. The minimum absolute atomic E-state index is 0.0686. The minimum Gasteiger partial charge on any atom is -0.341 e. The van der Waals surface area contributed by atoms with Gasteiger partial charge in [-0.15, -0.1) is 11.8 Å². The predicted octanol–water partition coefficient (Wildman–Crippen LogP) is 9.39. The number of nitrogens with one attached hydrogen (secondary N) is 3. The number of amides is 3. The molecule has 7 nitrogen and oxygen atoms in total. The number of anilines is 2. The standard InChI is InChI=1S/C40H35ClN4O3S/c1-3-37(40(48)43-30-21-22-36-33(25-30)32-15-8-9-16-35(32)45(36)4-2)49-31-14-10-13-29(24-31)42-39(47)34(23-26-17-19-28(41)20-18-26)44-38(46)27-11-6-5-7-12-27/h5-25,37H,3-4H2,1-2H3,(H,42,47)(H,43,48)(H,44,46)/b34-23-. The van der Waals surface area contributed by atoms with E-state index in [0.29, 0.717) is 28.3 Å². The van der Waals surface area contributed by atoms with E-state index in [4.69, 9.17) is 11.6 Å². The molecule has 6 aromatic rings. The van der Waals surface area contributed by atoms with E-state index in [0.717, 1.165) is 33.4 Å². The van der Waals surface area contributed by atoms with Gasteiger partial charge in [-0.2, -0.15) is 0 Å². The number of nitrogens with zero attached hydrogens (tertiary/aromatic N) is 1. The first-order chi connectivity index (χ1) is 23.8. The molecule has 6 rings (SSSR count). The fraction of sp³-hybridized carbons (Fsp3) is 0.125. The van der Waals surface area contributed by atoms with Crippen molar-refractivity contribution < 1.29 is 14.4 Å². The number of carbonyl (C=O) groups excluding carboxylic acids is 3. The molecule has 5 aromatic carbocycles. The molecule has 1 unspecified atom stereocenters. The van der Waals surface area contributed by atoms with Crippen LogP contribution in [0.25, 0.3) is 27.9 Å². The summed E-state index contributed by atoms with van der Waals surface area (Å²) >= 11 is 7.48. The Morgan fingerprint density at radius 3 is 2.22 bits per heavy atom. The normalized spacial score (nSPS) is 12.1. The van der Waals surface area contributed by atoms with E-state index in [9.17, 15) is 14.4 Å². The molecule has 1 aromatic heterocycles. The molecule has 246 valence electrons. The second kappa shape index (κ2) is 15.3. The molecule has 0 aliphatic carbocycles. The van der Waals surface area contributed by atoms with Crippen LogP contribution in [0.1, 0.15) is 36.2 Å². The summed E-state index contributed by atoms with van der Waals surface area (Å²) < 4.78 is 2.28. The molecule has 3 N–H and O–H groups in total. The SMILES string of the molecule is CCC(Sc1cccc(NC(=O)/C(=C/c2ccc(Cl)cc2)NC(=O)c2ccccc2)c1)C(=O)Nc1ccc2c(c1)c1ccccc1n2CC. The first-order valence-corrected chi connectivity index (χ1v) is 17.3. The second-order valence-electron chi connectivity index (χ2n) is 11.4. The highest BCUT2D eigenvalue weighted by Crippen LogP contribution is 2.32. The first-order valence-electron chi connectivity index (χ1n) is 16.1. The molecule has 49 heavy (non-hydrogen) atoms. The van der Waals surface area contributed by atoms with Crippen molar-refractivity contribution in [3.8, 4) is 0 Å². The van der Waals surface area contributed by atoms with Crippen LogP contribution < -0.4 is 16.0 Å². The van der Waals surface area contributed by atoms with E-state index in [-0.39, 0.29) is 16.9 Å². The summed E-state index contributed by atoms with van der Waals surface area (Å²) in [5.74, 6) is -1.00. The fourth-order valence-corrected chi connectivity index (χ4v) is 6.83. The third-order valence-electron chi connectivity index (χ3n) is 8.10. The summed E-state index contributed by atoms with van der Waals surface area (Å²) in [7, 11) is 0. The molecule has 0 saturated heterocycles. The topological polar surface area (TPSA) is 92.2 Å². The lowest BCUT2D eigenvalue weighted by molar-refractivity contribution is -0.116. The van der Waals surface area contributed by atoms with Gasteiger partial charge in [0.15, 0.2) is 0 Å². The van der Waals surface area contributed by atoms with Crippen molar-refractivity contribution in [2.45, 2.75) is 37.0 Å². The number of hydrogen-bond donors (Lipinski definition) is 3. The number of para-hydroxylation sites is 1. The van der Waals surface area contributed by atoms with Crippen molar-refractivity contribution in [2.24, 2.45) is 0 Å². The average Bonchev–Trinajstić information content (AvgIpc) is 3.44. The third-order valence-corrected chi connectivity index (χ3v) is 9.71. The molecule has 0 saturated carbocycles. The Hall–Kier alpha value is -5.31. The molecule has 1 atom stereocenters. The van der Waals surface area contributed by atoms with Gasteiger partial charge in [0.2, 0.25) is 5.91 Å². The molecule has 0 radical (unpaired) electrons. The van der Waals surface area contributed by atoms with Gasteiger partial charge >= 0.3 is 0 Å². The maximum Gasteiger partial charge on any atom is 0.272 e. The van der Waals surface area contributed by atoms with Crippen molar-refractivity contribution in [3.05, 3.63) is 143 Å². The van der Waals surface area contributed by atoms with Crippen molar-refractivity contribution >= 4 is 80.3 Å². The van der Waals surface area contributed by atoms with Crippen molar-refractivity contribution in [1.29, 1.82) is 0 Å². The maximum absolute atomic E-state index is 13.6. The molecule has 3 amide bonds. The Kier molecular flexibility index (Phi) is 10.5. The van der Waals surface area contributed by atoms with Crippen LogP contribution >= 0.6 is 23.4 Å². The number of halogens is 1. The lowest BCUT2D eigenvalue weighted by atomic mass is 10.1. The summed E-state index contributed by atoms with van der Waals surface area (Å²) in [6, 6.07) is 37.3. The van der Waals surface area contributed by atoms with Crippen LogP contribution in [0, 0.1) is 0 Å². The summed E-state index contributed by atoms with van der Waals surface area (Å²) in [4.78, 5) is 40.9. The van der Waals surface area contributed by atoms with Gasteiger partial charge in [0.1, 0.15) is 5.70 Å². The molecule has 0 spiro atoms. The molecule has 0 fully saturated rings. The first kappa shape index (κ1) is 33.6. The number of benzene rings is 5. The highest BCUT2D eigenvalue weighted by atomic mass is 35.5. The molecular weight excluding hydrogens is 652 g/mol. The largest absolute Gasteiger partial charge is 0.341 e. The van der Waals surface area contributed by atoms with Crippen LogP contribution in [0.5, 0.6) is 0 Å². The predicted molar refractivity (Wildman–Crippen MR) is 202 cm³/mol. The summed E-state index contributed by atoms with van der Waals surface area (Å²) in [5.41, 5.74) is 4.76. The Balaban J connectivity index is 1.17. The molecule has 0 bridgehead atoms. The average molecular weight is 687 g/mol. The van der Waals surface area contributed by atoms with Crippen LogP contribution in [0.15, 0.2) is 132 Å². The van der Waals surface area contributed by atoms with Gasteiger partial charge in [-0.1, -0.05) is 73.1 Å². The van der Waals surface area contributed by atoms with Crippen LogP contribution in [0.4, 0.5) is 11.4 Å². The quantitative estimate of drug-likeness (QED) is 0.0936. The van der Waals surface area contributed by atoms with Crippen LogP contribution in [-0.4, -0.2) is 27.5 Å². The van der Waals surface area contributed by atoms with Gasteiger partial charge in [-0.3, -0.25) is 14.4 Å². The highest BCUT2D eigenvalue weighted by molar-refractivity contribution is 8.00. The lowest BCUT2D eigenvalue weighted by Crippen LogP contribution is -2.30. The lowest BCUT2D eigenvalue weighted by Gasteiger charge is -2.16. The van der Waals surface area contributed by atoms with E-state index < -0.39 is 11.8 Å². The minimum atomic E-state index is -0.494. The van der Waals surface area contributed by atoms with Gasteiger partial charge < -0.3 is 20.5 Å². The Morgan fingerprint density at radius 2 is 1.47 bits per heavy atom. The Morgan fingerprint density at radius 1 is 0.755 bits per heavy atom. The summed E-state index contributed by atoms with van der Waals surface area (Å²) in [6.07, 6.45) is 2.20. The van der Waals surface area contributed by atoms with Gasteiger partial charge in [0.25, 0.3) is 11.8 Å². The zero-order valence-corrected chi connectivity index (χ0v) is 28.6. The number of aryl methyl sites for hydroxylation is 1. The van der Waals surface area contributed by atoms with E-state index in [2.05, 4.69) is 45.6 Å². The van der Waals surface area contributed by atoms with Crippen LogP contribution in [0.3, 0.4) is 0 Å². The number of carbonyl (C=O) groups is 3. The smallest absolute Gasteiger partial charge is 0.272 e.